The summed E-state index contributed by atoms with van der Waals surface area (Å²) in [5.41, 5.74) is 0. The number of hydrogen-bond acceptors (Lipinski definition) is 5. The molecule has 0 atom stereocenters. The van der Waals surface area contributed by atoms with Crippen LogP contribution in [0, 0.1) is 6.92 Å². The first-order valence-corrected chi connectivity index (χ1v) is 8.01. The van der Waals surface area contributed by atoms with Crippen molar-refractivity contribution in [1.82, 2.24) is 14.9 Å². The molecular weight excluding hydrogens is 268 g/mol. The van der Waals surface area contributed by atoms with Gasteiger partial charge in [0, 0.05) is 30.1 Å². The van der Waals surface area contributed by atoms with Gasteiger partial charge in [-0.1, -0.05) is 0 Å². The van der Waals surface area contributed by atoms with Crippen LogP contribution in [0.1, 0.15) is 32.6 Å². The molecule has 2 heterocycles. The van der Waals surface area contributed by atoms with Crippen molar-refractivity contribution in [2.24, 2.45) is 0 Å². The second-order valence-corrected chi connectivity index (χ2v) is 6.89. The van der Waals surface area contributed by atoms with E-state index in [2.05, 4.69) is 60.9 Å². The van der Waals surface area contributed by atoms with E-state index >= 15 is 0 Å². The summed E-state index contributed by atoms with van der Waals surface area (Å²) in [7, 11) is 0. The highest BCUT2D eigenvalue weighted by atomic mass is 32.1. The summed E-state index contributed by atoms with van der Waals surface area (Å²) in [4.78, 5) is 13.5. The topological polar surface area (TPSA) is 41.0 Å². The molecule has 1 N–H and O–H groups in total. The molecule has 110 valence electrons. The molecule has 0 saturated heterocycles. The average Bonchev–Trinajstić information content (AvgIpc) is 2.74. The van der Waals surface area contributed by atoms with Crippen LogP contribution in [-0.2, 0) is 0 Å². The first-order chi connectivity index (χ1) is 9.49. The summed E-state index contributed by atoms with van der Waals surface area (Å²) in [6.07, 6.45) is 1.64. The van der Waals surface area contributed by atoms with E-state index in [1.807, 2.05) is 0 Å². The molecule has 2 aromatic heterocycles. The molecule has 0 unspecified atom stereocenters. The maximum absolute atomic E-state index is 4.37. The van der Waals surface area contributed by atoms with Crippen molar-refractivity contribution in [1.29, 1.82) is 0 Å². The molecule has 0 aliphatic rings. The van der Waals surface area contributed by atoms with E-state index in [4.69, 9.17) is 0 Å². The molecule has 5 heteroatoms. The fourth-order valence-electron chi connectivity index (χ4n) is 2.53. The summed E-state index contributed by atoms with van der Waals surface area (Å²) in [6, 6.07) is 3.28. The molecule has 2 aromatic rings. The first kappa shape index (κ1) is 15.2. The highest BCUT2D eigenvalue weighted by molar-refractivity contribution is 7.18. The number of aromatic nitrogens is 2. The fraction of sp³-hybridized carbons (Fsp3) is 0.600. The fourth-order valence-corrected chi connectivity index (χ4v) is 3.38. The van der Waals surface area contributed by atoms with Crippen LogP contribution in [0.2, 0.25) is 0 Å². The quantitative estimate of drug-likeness (QED) is 0.884. The molecule has 0 amide bonds. The van der Waals surface area contributed by atoms with Gasteiger partial charge in [-0.2, -0.15) is 0 Å². The van der Waals surface area contributed by atoms with E-state index in [9.17, 15) is 0 Å². The average molecular weight is 292 g/mol. The zero-order valence-electron chi connectivity index (χ0n) is 13.0. The van der Waals surface area contributed by atoms with Crippen molar-refractivity contribution in [2.45, 2.75) is 46.7 Å². The van der Waals surface area contributed by atoms with Gasteiger partial charge in [-0.25, -0.2) is 9.97 Å². The van der Waals surface area contributed by atoms with E-state index in [1.54, 1.807) is 17.7 Å². The zero-order valence-corrected chi connectivity index (χ0v) is 13.8. The Morgan fingerprint density at radius 2 is 1.90 bits per heavy atom. The molecule has 20 heavy (non-hydrogen) atoms. The number of anilines is 1. The maximum Gasteiger partial charge on any atom is 0.138 e. The van der Waals surface area contributed by atoms with Crippen LogP contribution in [-0.4, -0.2) is 40.0 Å². The third kappa shape index (κ3) is 3.46. The van der Waals surface area contributed by atoms with Gasteiger partial charge >= 0.3 is 0 Å². The van der Waals surface area contributed by atoms with Crippen LogP contribution in [0.3, 0.4) is 0 Å². The molecule has 0 saturated carbocycles. The Kier molecular flexibility index (Phi) is 4.94. The van der Waals surface area contributed by atoms with Gasteiger partial charge in [-0.05, 0) is 40.7 Å². The highest BCUT2D eigenvalue weighted by Crippen LogP contribution is 2.27. The van der Waals surface area contributed by atoms with Gasteiger partial charge in [0.1, 0.15) is 17.0 Å². The Balaban J connectivity index is 2.02. The van der Waals surface area contributed by atoms with Crippen molar-refractivity contribution < 1.29 is 0 Å². The van der Waals surface area contributed by atoms with Crippen molar-refractivity contribution in [3.8, 4) is 0 Å². The Morgan fingerprint density at radius 1 is 1.20 bits per heavy atom. The second kappa shape index (κ2) is 6.50. The van der Waals surface area contributed by atoms with Crippen molar-refractivity contribution in [2.75, 3.05) is 18.4 Å². The molecular formula is C15H24N4S. The number of aryl methyl sites for hydroxylation is 1. The molecule has 4 nitrogen and oxygen atoms in total. The third-order valence-corrected chi connectivity index (χ3v) is 4.40. The minimum Gasteiger partial charge on any atom is -0.368 e. The van der Waals surface area contributed by atoms with E-state index in [0.717, 1.165) is 29.1 Å². The predicted octanol–water partition coefficient (Wildman–Crippen LogP) is 3.53. The molecule has 2 rings (SSSR count). The molecule has 0 bridgehead atoms. The number of nitrogens with one attached hydrogen (secondary N) is 1. The van der Waals surface area contributed by atoms with E-state index in [1.165, 1.54) is 4.88 Å². The minimum atomic E-state index is 0.561. The summed E-state index contributed by atoms with van der Waals surface area (Å²) in [6.45, 7) is 13.0. The molecule has 0 aromatic carbocycles. The first-order valence-electron chi connectivity index (χ1n) is 7.19. The summed E-state index contributed by atoms with van der Waals surface area (Å²) < 4.78 is 0. The van der Waals surface area contributed by atoms with Gasteiger partial charge < -0.3 is 5.32 Å². The Bertz CT molecular complexity index is 554. The molecule has 0 aliphatic heterocycles. The van der Waals surface area contributed by atoms with Crippen molar-refractivity contribution in [3.05, 3.63) is 17.3 Å². The predicted molar refractivity (Wildman–Crippen MR) is 87.6 cm³/mol. The van der Waals surface area contributed by atoms with Gasteiger partial charge in [0.05, 0.1) is 5.39 Å². The Morgan fingerprint density at radius 3 is 2.55 bits per heavy atom. The molecule has 0 spiro atoms. The van der Waals surface area contributed by atoms with Crippen LogP contribution in [0.25, 0.3) is 10.2 Å². The lowest BCUT2D eigenvalue weighted by Gasteiger charge is -2.30. The van der Waals surface area contributed by atoms with Gasteiger partial charge in [0.15, 0.2) is 0 Å². The van der Waals surface area contributed by atoms with Gasteiger partial charge in [-0.15, -0.1) is 11.3 Å². The lowest BCUT2D eigenvalue weighted by Crippen LogP contribution is -2.40. The number of hydrogen-bond donors (Lipinski definition) is 1. The lowest BCUT2D eigenvalue weighted by atomic mass is 10.2. The van der Waals surface area contributed by atoms with Gasteiger partial charge in [0.2, 0.25) is 0 Å². The van der Waals surface area contributed by atoms with E-state index in [0.29, 0.717) is 12.1 Å². The molecule has 0 fully saturated rings. The number of fused-ring (bicyclic) bond motifs is 1. The molecule has 0 aliphatic carbocycles. The molecule has 0 radical (unpaired) electrons. The monoisotopic (exact) mass is 292 g/mol. The second-order valence-electron chi connectivity index (χ2n) is 5.65. The minimum absolute atomic E-state index is 0.561. The van der Waals surface area contributed by atoms with E-state index < -0.39 is 0 Å². The summed E-state index contributed by atoms with van der Waals surface area (Å²) in [5, 5.41) is 4.59. The van der Waals surface area contributed by atoms with Crippen LogP contribution < -0.4 is 5.32 Å². The number of nitrogens with zero attached hydrogens (tertiary/aromatic N) is 3. The number of thiophene rings is 1. The van der Waals surface area contributed by atoms with Crippen LogP contribution in [0.5, 0.6) is 0 Å². The largest absolute Gasteiger partial charge is 0.368 e. The maximum atomic E-state index is 4.37. The standard InChI is InChI=1S/C15H24N4S/c1-10(2)19(11(3)4)7-6-16-14-13-8-12(5)20-15(13)18-9-17-14/h8-11H,6-7H2,1-5H3,(H,16,17,18). The summed E-state index contributed by atoms with van der Waals surface area (Å²) >= 11 is 1.71. The van der Waals surface area contributed by atoms with Crippen molar-refractivity contribution >= 4 is 27.4 Å². The van der Waals surface area contributed by atoms with Crippen LogP contribution in [0.15, 0.2) is 12.4 Å². The smallest absolute Gasteiger partial charge is 0.138 e. The lowest BCUT2D eigenvalue weighted by molar-refractivity contribution is 0.182. The highest BCUT2D eigenvalue weighted by Gasteiger charge is 2.13. The Labute approximate surface area is 125 Å². The van der Waals surface area contributed by atoms with Gasteiger partial charge in [0.25, 0.3) is 0 Å². The van der Waals surface area contributed by atoms with Crippen LogP contribution >= 0.6 is 11.3 Å². The van der Waals surface area contributed by atoms with E-state index in [-0.39, 0.29) is 0 Å². The normalized spacial score (nSPS) is 12.0. The zero-order chi connectivity index (χ0) is 14.7. The van der Waals surface area contributed by atoms with Crippen molar-refractivity contribution in [3.63, 3.8) is 0 Å². The Hall–Kier alpha value is -1.20. The SMILES string of the molecule is Cc1cc2c(NCCN(C(C)C)C(C)C)ncnc2s1. The summed E-state index contributed by atoms with van der Waals surface area (Å²) in [5.74, 6) is 0.951. The number of rotatable bonds is 6. The third-order valence-electron chi connectivity index (χ3n) is 3.44. The van der Waals surface area contributed by atoms with Crippen LogP contribution in [0.4, 0.5) is 5.82 Å². The van der Waals surface area contributed by atoms with Gasteiger partial charge in [-0.3, -0.25) is 4.90 Å².